The first kappa shape index (κ1) is 18.7. The molecule has 1 aliphatic heterocycles. The summed E-state index contributed by atoms with van der Waals surface area (Å²) < 4.78 is 40.0. The van der Waals surface area contributed by atoms with Gasteiger partial charge in [-0.3, -0.25) is 0 Å². The number of rotatable bonds is 3. The molecule has 0 amide bonds. The third kappa shape index (κ3) is 3.31. The number of alkyl halides is 3. The van der Waals surface area contributed by atoms with Gasteiger partial charge in [-0.05, 0) is 49.1 Å². The van der Waals surface area contributed by atoms with Crippen molar-refractivity contribution in [3.63, 3.8) is 0 Å². The highest BCUT2D eigenvalue weighted by molar-refractivity contribution is 5.87. The number of aromatic nitrogens is 2. The standard InChI is InChI=1S/C20H20F3N3O2/c1-11-8-24-19(25-17(11)18(27)28)26-9-13-6-12(7-14(13)10-26)15-4-2-3-5-16(15)20(21,22)23/h2-5,8,12-14H,6-7,9-10H2,1H3,(H,27,28). The Bertz CT molecular complexity index is 902. The zero-order valence-corrected chi connectivity index (χ0v) is 15.3. The van der Waals surface area contributed by atoms with E-state index in [-0.39, 0.29) is 23.4 Å². The lowest BCUT2D eigenvalue weighted by Crippen LogP contribution is -2.25. The van der Waals surface area contributed by atoms with E-state index in [1.807, 2.05) is 4.90 Å². The zero-order valence-electron chi connectivity index (χ0n) is 15.3. The Hall–Kier alpha value is -2.64. The molecule has 2 heterocycles. The molecule has 2 atom stereocenters. The lowest BCUT2D eigenvalue weighted by atomic mass is 9.91. The van der Waals surface area contributed by atoms with Crippen molar-refractivity contribution in [2.45, 2.75) is 31.9 Å². The van der Waals surface area contributed by atoms with Crippen LogP contribution in [0.4, 0.5) is 19.1 Å². The van der Waals surface area contributed by atoms with E-state index in [1.54, 1.807) is 19.1 Å². The van der Waals surface area contributed by atoms with Gasteiger partial charge in [-0.2, -0.15) is 13.2 Å². The highest BCUT2D eigenvalue weighted by Crippen LogP contribution is 2.49. The van der Waals surface area contributed by atoms with Gasteiger partial charge in [0.25, 0.3) is 0 Å². The second kappa shape index (κ2) is 6.76. The first-order valence-electron chi connectivity index (χ1n) is 9.22. The van der Waals surface area contributed by atoms with Crippen molar-refractivity contribution in [1.29, 1.82) is 0 Å². The number of hydrogen-bond donors (Lipinski definition) is 1. The summed E-state index contributed by atoms with van der Waals surface area (Å²) in [5, 5.41) is 9.25. The average Bonchev–Trinajstić information content (AvgIpc) is 3.20. The molecule has 1 aromatic heterocycles. The Morgan fingerprint density at radius 1 is 1.18 bits per heavy atom. The van der Waals surface area contributed by atoms with Gasteiger partial charge >= 0.3 is 12.1 Å². The number of anilines is 1. The van der Waals surface area contributed by atoms with Gasteiger partial charge in [-0.15, -0.1) is 0 Å². The fraction of sp³-hybridized carbons (Fsp3) is 0.450. The number of aromatic carboxylic acids is 1. The van der Waals surface area contributed by atoms with E-state index < -0.39 is 17.7 Å². The van der Waals surface area contributed by atoms with Gasteiger partial charge in [0, 0.05) is 24.8 Å². The maximum Gasteiger partial charge on any atom is 0.416 e. The largest absolute Gasteiger partial charge is 0.476 e. The van der Waals surface area contributed by atoms with Crippen LogP contribution in [0.1, 0.15) is 45.9 Å². The molecule has 148 valence electrons. The Kier molecular flexibility index (Phi) is 4.51. The minimum atomic E-state index is -4.34. The van der Waals surface area contributed by atoms with Crippen LogP contribution < -0.4 is 4.90 Å². The first-order chi connectivity index (χ1) is 13.2. The third-order valence-corrected chi connectivity index (χ3v) is 5.90. The van der Waals surface area contributed by atoms with Crippen LogP contribution in [0, 0.1) is 18.8 Å². The summed E-state index contributed by atoms with van der Waals surface area (Å²) in [6, 6.07) is 5.84. The van der Waals surface area contributed by atoms with Crippen LogP contribution >= 0.6 is 0 Å². The number of nitrogens with zero attached hydrogens (tertiary/aromatic N) is 3. The van der Waals surface area contributed by atoms with Gasteiger partial charge in [-0.25, -0.2) is 14.8 Å². The first-order valence-corrected chi connectivity index (χ1v) is 9.22. The van der Waals surface area contributed by atoms with E-state index in [0.717, 1.165) is 6.07 Å². The zero-order chi connectivity index (χ0) is 20.1. The van der Waals surface area contributed by atoms with Crippen molar-refractivity contribution in [3.05, 3.63) is 52.8 Å². The number of hydrogen-bond acceptors (Lipinski definition) is 4. The molecule has 1 saturated heterocycles. The molecule has 1 saturated carbocycles. The van der Waals surface area contributed by atoms with Gasteiger partial charge in [0.1, 0.15) is 0 Å². The second-order valence-electron chi connectivity index (χ2n) is 7.69. The summed E-state index contributed by atoms with van der Waals surface area (Å²) >= 11 is 0. The molecule has 8 heteroatoms. The number of aryl methyl sites for hydroxylation is 1. The van der Waals surface area contributed by atoms with Crippen LogP contribution in [0.15, 0.2) is 30.5 Å². The van der Waals surface area contributed by atoms with Gasteiger partial charge in [0.2, 0.25) is 5.95 Å². The van der Waals surface area contributed by atoms with Gasteiger partial charge in [-0.1, -0.05) is 18.2 Å². The van der Waals surface area contributed by atoms with Crippen LogP contribution in [-0.2, 0) is 6.18 Å². The summed E-state index contributed by atoms with van der Waals surface area (Å²) in [6.45, 7) is 2.92. The molecule has 1 N–H and O–H groups in total. The van der Waals surface area contributed by atoms with Gasteiger partial charge < -0.3 is 10.0 Å². The fourth-order valence-electron chi connectivity index (χ4n) is 4.63. The number of carbonyl (C=O) groups is 1. The molecule has 2 aromatic rings. The van der Waals surface area contributed by atoms with E-state index in [1.165, 1.54) is 12.3 Å². The predicted molar refractivity (Wildman–Crippen MR) is 96.3 cm³/mol. The molecular formula is C20H20F3N3O2. The number of halogens is 3. The lowest BCUT2D eigenvalue weighted by molar-refractivity contribution is -0.138. The minimum Gasteiger partial charge on any atom is -0.476 e. The van der Waals surface area contributed by atoms with E-state index in [9.17, 15) is 23.1 Å². The molecule has 0 bridgehead atoms. The van der Waals surface area contributed by atoms with Crippen molar-refractivity contribution in [1.82, 2.24) is 9.97 Å². The summed E-state index contributed by atoms with van der Waals surface area (Å²) in [7, 11) is 0. The number of benzene rings is 1. The number of fused-ring (bicyclic) bond motifs is 1. The van der Waals surface area contributed by atoms with Gasteiger partial charge in [0.15, 0.2) is 5.69 Å². The molecule has 0 spiro atoms. The Labute approximate surface area is 160 Å². The van der Waals surface area contributed by atoms with Crippen LogP contribution in [0.3, 0.4) is 0 Å². The molecule has 0 radical (unpaired) electrons. The van der Waals surface area contributed by atoms with E-state index >= 15 is 0 Å². The van der Waals surface area contributed by atoms with Crippen LogP contribution in [-0.4, -0.2) is 34.1 Å². The highest BCUT2D eigenvalue weighted by atomic mass is 19.4. The maximum atomic E-state index is 13.3. The van der Waals surface area contributed by atoms with Crippen molar-refractivity contribution in [3.8, 4) is 0 Å². The molecule has 1 aliphatic carbocycles. The minimum absolute atomic E-state index is 0.0148. The van der Waals surface area contributed by atoms with E-state index in [4.69, 9.17) is 0 Å². The van der Waals surface area contributed by atoms with Crippen LogP contribution in [0.2, 0.25) is 0 Å². The summed E-state index contributed by atoms with van der Waals surface area (Å²) in [5.41, 5.74) is 0.332. The molecule has 2 unspecified atom stereocenters. The Balaban J connectivity index is 1.51. The third-order valence-electron chi connectivity index (χ3n) is 5.90. The Morgan fingerprint density at radius 2 is 1.82 bits per heavy atom. The summed E-state index contributed by atoms with van der Waals surface area (Å²) in [4.78, 5) is 21.7. The highest BCUT2D eigenvalue weighted by Gasteiger charge is 2.44. The monoisotopic (exact) mass is 391 g/mol. The summed E-state index contributed by atoms with van der Waals surface area (Å²) in [6.07, 6.45) is -1.47. The quantitative estimate of drug-likeness (QED) is 0.852. The van der Waals surface area contributed by atoms with E-state index in [0.29, 0.717) is 43.0 Å². The van der Waals surface area contributed by atoms with Crippen LogP contribution in [0.5, 0.6) is 0 Å². The maximum absolute atomic E-state index is 13.3. The molecule has 28 heavy (non-hydrogen) atoms. The molecule has 2 aliphatic rings. The lowest BCUT2D eigenvalue weighted by Gasteiger charge is -2.21. The molecule has 5 nitrogen and oxygen atoms in total. The Morgan fingerprint density at radius 3 is 2.43 bits per heavy atom. The molecule has 4 rings (SSSR count). The van der Waals surface area contributed by atoms with Gasteiger partial charge in [0.05, 0.1) is 5.56 Å². The topological polar surface area (TPSA) is 66.3 Å². The van der Waals surface area contributed by atoms with E-state index in [2.05, 4.69) is 9.97 Å². The van der Waals surface area contributed by atoms with Crippen molar-refractivity contribution in [2.24, 2.45) is 11.8 Å². The second-order valence-corrected chi connectivity index (χ2v) is 7.69. The normalized spacial score (nSPS) is 24.4. The molecule has 2 fully saturated rings. The van der Waals surface area contributed by atoms with Crippen molar-refractivity contribution >= 4 is 11.9 Å². The number of carboxylic acids is 1. The summed E-state index contributed by atoms with van der Waals surface area (Å²) in [5.74, 6) is -0.313. The smallest absolute Gasteiger partial charge is 0.416 e. The van der Waals surface area contributed by atoms with Crippen LogP contribution in [0.25, 0.3) is 0 Å². The molecular weight excluding hydrogens is 371 g/mol. The van der Waals surface area contributed by atoms with Crippen molar-refractivity contribution < 1.29 is 23.1 Å². The number of carboxylic acid groups (broad SMARTS) is 1. The predicted octanol–water partition coefficient (Wildman–Crippen LogP) is 4.13. The van der Waals surface area contributed by atoms with Crippen molar-refractivity contribution in [2.75, 3.05) is 18.0 Å². The fourth-order valence-corrected chi connectivity index (χ4v) is 4.63. The average molecular weight is 391 g/mol. The SMILES string of the molecule is Cc1cnc(N2CC3CC(c4ccccc4C(F)(F)F)CC3C2)nc1C(=O)O. The molecule has 1 aromatic carbocycles.